The van der Waals surface area contributed by atoms with Gasteiger partial charge in [-0.1, -0.05) is 17.7 Å². The SMILES string of the molecule is CNCC1CCCN(C(=O)COc2c(C)cc(C)cc2C)C1.Cl. The number of halogens is 1. The van der Waals surface area contributed by atoms with Gasteiger partial charge in [0.1, 0.15) is 5.75 Å². The lowest BCUT2D eigenvalue weighted by atomic mass is 9.98. The highest BCUT2D eigenvalue weighted by atomic mass is 35.5. The summed E-state index contributed by atoms with van der Waals surface area (Å²) in [5.41, 5.74) is 3.41. The number of ether oxygens (including phenoxy) is 1. The van der Waals surface area contributed by atoms with Crippen molar-refractivity contribution in [3.8, 4) is 5.75 Å². The fourth-order valence-corrected chi connectivity index (χ4v) is 3.37. The second-order valence-corrected chi connectivity index (χ2v) is 6.42. The van der Waals surface area contributed by atoms with E-state index in [0.29, 0.717) is 5.92 Å². The van der Waals surface area contributed by atoms with E-state index in [-0.39, 0.29) is 24.9 Å². The molecule has 4 nitrogen and oxygen atoms in total. The topological polar surface area (TPSA) is 41.6 Å². The van der Waals surface area contributed by atoms with Gasteiger partial charge in [-0.3, -0.25) is 4.79 Å². The monoisotopic (exact) mass is 340 g/mol. The van der Waals surface area contributed by atoms with Gasteiger partial charge in [0, 0.05) is 13.1 Å². The third-order valence-electron chi connectivity index (χ3n) is 4.31. The van der Waals surface area contributed by atoms with Gasteiger partial charge in [0.2, 0.25) is 0 Å². The molecule has 1 amide bonds. The molecule has 0 aliphatic carbocycles. The number of piperidine rings is 1. The summed E-state index contributed by atoms with van der Waals surface area (Å²) in [5.74, 6) is 1.51. The summed E-state index contributed by atoms with van der Waals surface area (Å²) < 4.78 is 5.83. The molecule has 1 aromatic rings. The number of carbonyl (C=O) groups excluding carboxylic acids is 1. The Morgan fingerprint density at radius 3 is 2.57 bits per heavy atom. The first-order valence-corrected chi connectivity index (χ1v) is 8.14. The van der Waals surface area contributed by atoms with E-state index >= 15 is 0 Å². The van der Waals surface area contributed by atoms with Crippen LogP contribution in [0.3, 0.4) is 0 Å². The van der Waals surface area contributed by atoms with Crippen molar-refractivity contribution in [3.63, 3.8) is 0 Å². The summed E-state index contributed by atoms with van der Waals surface area (Å²) >= 11 is 0. The van der Waals surface area contributed by atoms with E-state index in [1.165, 1.54) is 12.0 Å². The molecule has 1 saturated heterocycles. The van der Waals surface area contributed by atoms with Gasteiger partial charge in [-0.15, -0.1) is 12.4 Å². The number of benzene rings is 1. The summed E-state index contributed by atoms with van der Waals surface area (Å²) in [6, 6.07) is 4.19. The number of hydrogen-bond acceptors (Lipinski definition) is 3. The van der Waals surface area contributed by atoms with E-state index in [4.69, 9.17) is 4.74 Å². The molecule has 1 aromatic carbocycles. The number of amides is 1. The quantitative estimate of drug-likeness (QED) is 0.896. The number of nitrogens with one attached hydrogen (secondary N) is 1. The molecule has 1 aliphatic rings. The molecule has 1 aliphatic heterocycles. The highest BCUT2D eigenvalue weighted by Crippen LogP contribution is 2.24. The molecule has 23 heavy (non-hydrogen) atoms. The molecule has 1 N–H and O–H groups in total. The summed E-state index contributed by atoms with van der Waals surface area (Å²) in [4.78, 5) is 14.3. The maximum Gasteiger partial charge on any atom is 0.260 e. The minimum absolute atomic E-state index is 0. The van der Waals surface area contributed by atoms with Crippen molar-refractivity contribution < 1.29 is 9.53 Å². The predicted molar refractivity (Wildman–Crippen MR) is 96.6 cm³/mol. The number of carbonyl (C=O) groups is 1. The summed E-state index contributed by atoms with van der Waals surface area (Å²) in [6.45, 7) is 8.94. The molecule has 0 radical (unpaired) electrons. The van der Waals surface area contributed by atoms with Gasteiger partial charge in [-0.2, -0.15) is 0 Å². The van der Waals surface area contributed by atoms with Crippen molar-refractivity contribution >= 4 is 18.3 Å². The Balaban J connectivity index is 0.00000264. The Labute approximate surface area is 146 Å². The van der Waals surface area contributed by atoms with Crippen LogP contribution in [0, 0.1) is 26.7 Å². The third kappa shape index (κ3) is 5.40. The molecule has 0 bridgehead atoms. The second-order valence-electron chi connectivity index (χ2n) is 6.42. The molecule has 0 saturated carbocycles. The highest BCUT2D eigenvalue weighted by molar-refractivity contribution is 5.85. The smallest absolute Gasteiger partial charge is 0.260 e. The maximum absolute atomic E-state index is 12.4. The van der Waals surface area contributed by atoms with Gasteiger partial charge >= 0.3 is 0 Å². The third-order valence-corrected chi connectivity index (χ3v) is 4.31. The van der Waals surface area contributed by atoms with Crippen molar-refractivity contribution in [3.05, 3.63) is 28.8 Å². The van der Waals surface area contributed by atoms with Crippen LogP contribution in [0.1, 0.15) is 29.5 Å². The fraction of sp³-hybridized carbons (Fsp3) is 0.611. The van der Waals surface area contributed by atoms with Gasteiger partial charge in [0.25, 0.3) is 5.91 Å². The average molecular weight is 341 g/mol. The first kappa shape index (κ1) is 19.8. The van der Waals surface area contributed by atoms with Gasteiger partial charge in [0.15, 0.2) is 6.61 Å². The standard InChI is InChI=1S/C18H28N2O2.ClH/c1-13-8-14(2)18(15(3)9-13)22-12-17(21)20-7-5-6-16(11-20)10-19-4;/h8-9,16,19H,5-7,10-12H2,1-4H3;1H. The van der Waals surface area contributed by atoms with Crippen LogP contribution in [0.15, 0.2) is 12.1 Å². The predicted octanol–water partition coefficient (Wildman–Crippen LogP) is 2.87. The Hall–Kier alpha value is -1.26. The number of rotatable bonds is 5. The zero-order valence-corrected chi connectivity index (χ0v) is 15.5. The number of hydrogen-bond donors (Lipinski definition) is 1. The lowest BCUT2D eigenvalue weighted by molar-refractivity contribution is -0.135. The van der Waals surface area contributed by atoms with Crippen molar-refractivity contribution in [2.24, 2.45) is 5.92 Å². The Morgan fingerprint density at radius 1 is 1.30 bits per heavy atom. The summed E-state index contributed by atoms with van der Waals surface area (Å²) in [7, 11) is 1.97. The largest absolute Gasteiger partial charge is 0.483 e. The maximum atomic E-state index is 12.4. The Kier molecular flexibility index (Phi) is 7.86. The van der Waals surface area contributed by atoms with Crippen LogP contribution in [0.4, 0.5) is 0 Å². The first-order valence-electron chi connectivity index (χ1n) is 8.14. The van der Waals surface area contributed by atoms with Crippen LogP contribution in [0.2, 0.25) is 0 Å². The molecular weight excluding hydrogens is 312 g/mol. The van der Waals surface area contributed by atoms with E-state index in [9.17, 15) is 4.79 Å². The van der Waals surface area contributed by atoms with Gasteiger partial charge < -0.3 is 15.0 Å². The molecule has 1 fully saturated rings. The molecule has 1 unspecified atom stereocenters. The van der Waals surface area contributed by atoms with E-state index in [1.54, 1.807) is 0 Å². The lowest BCUT2D eigenvalue weighted by Gasteiger charge is -2.32. The summed E-state index contributed by atoms with van der Waals surface area (Å²) in [5, 5.41) is 3.21. The molecule has 5 heteroatoms. The Bertz CT molecular complexity index is 509. The Morgan fingerprint density at radius 2 is 1.96 bits per heavy atom. The van der Waals surface area contributed by atoms with Crippen LogP contribution >= 0.6 is 12.4 Å². The van der Waals surface area contributed by atoms with Crippen molar-refractivity contribution in [2.75, 3.05) is 33.3 Å². The van der Waals surface area contributed by atoms with Crippen molar-refractivity contribution in [2.45, 2.75) is 33.6 Å². The van der Waals surface area contributed by atoms with E-state index < -0.39 is 0 Å². The normalized spacial score (nSPS) is 17.6. The van der Waals surface area contributed by atoms with E-state index in [2.05, 4.69) is 24.4 Å². The fourth-order valence-electron chi connectivity index (χ4n) is 3.37. The molecule has 2 rings (SSSR count). The van der Waals surface area contributed by atoms with E-state index in [0.717, 1.165) is 42.9 Å². The van der Waals surface area contributed by atoms with Crippen LogP contribution in [-0.4, -0.2) is 44.1 Å². The van der Waals surface area contributed by atoms with Gasteiger partial charge in [-0.25, -0.2) is 0 Å². The molecule has 1 atom stereocenters. The average Bonchev–Trinajstić information content (AvgIpc) is 2.46. The van der Waals surface area contributed by atoms with Crippen LogP contribution in [-0.2, 0) is 4.79 Å². The van der Waals surface area contributed by atoms with Crippen LogP contribution in [0.25, 0.3) is 0 Å². The molecule has 130 valence electrons. The number of nitrogens with zero attached hydrogens (tertiary/aromatic N) is 1. The molecule has 0 spiro atoms. The van der Waals surface area contributed by atoms with Crippen LogP contribution in [0.5, 0.6) is 5.75 Å². The zero-order chi connectivity index (χ0) is 16.1. The minimum atomic E-state index is 0. The lowest BCUT2D eigenvalue weighted by Crippen LogP contribution is -2.44. The number of likely N-dealkylation sites (tertiary alicyclic amines) is 1. The highest BCUT2D eigenvalue weighted by Gasteiger charge is 2.23. The molecule has 1 heterocycles. The molecule has 0 aromatic heterocycles. The zero-order valence-electron chi connectivity index (χ0n) is 14.6. The second kappa shape index (κ2) is 9.14. The first-order chi connectivity index (χ1) is 10.5. The van der Waals surface area contributed by atoms with Crippen molar-refractivity contribution in [1.82, 2.24) is 10.2 Å². The van der Waals surface area contributed by atoms with E-state index in [1.807, 2.05) is 25.8 Å². The number of aryl methyl sites for hydroxylation is 3. The van der Waals surface area contributed by atoms with Gasteiger partial charge in [-0.05, 0) is 64.3 Å². The van der Waals surface area contributed by atoms with Gasteiger partial charge in [0.05, 0.1) is 0 Å². The molecular formula is C18H29ClN2O2. The van der Waals surface area contributed by atoms with Crippen molar-refractivity contribution in [1.29, 1.82) is 0 Å². The summed E-state index contributed by atoms with van der Waals surface area (Å²) in [6.07, 6.45) is 2.28. The van der Waals surface area contributed by atoms with Crippen LogP contribution < -0.4 is 10.1 Å². The minimum Gasteiger partial charge on any atom is -0.483 e.